The Kier molecular flexibility index (Phi) is 3.00. The van der Waals surface area contributed by atoms with Crippen LogP contribution in [0.2, 0.25) is 0 Å². The summed E-state index contributed by atoms with van der Waals surface area (Å²) >= 11 is 1.42. The zero-order valence-corrected chi connectivity index (χ0v) is 8.76. The van der Waals surface area contributed by atoms with Crippen molar-refractivity contribution in [2.45, 2.75) is 13.0 Å². The van der Waals surface area contributed by atoms with E-state index in [0.29, 0.717) is 5.69 Å². The van der Waals surface area contributed by atoms with Crippen LogP contribution in [0.5, 0.6) is 0 Å². The number of thiazole rings is 1. The Morgan fingerprint density at radius 2 is 2.31 bits per heavy atom. The van der Waals surface area contributed by atoms with Crippen molar-refractivity contribution in [2.24, 2.45) is 5.73 Å². The van der Waals surface area contributed by atoms with Crippen LogP contribution in [0, 0.1) is 0 Å². The molecule has 0 bridgehead atoms. The molecule has 72 valence electrons. The number of carbonyl (C=O) groups is 1. The molecule has 0 spiro atoms. The van der Waals surface area contributed by atoms with Gasteiger partial charge >= 0.3 is 0 Å². The molecule has 2 N–H and O–H groups in total. The van der Waals surface area contributed by atoms with Crippen LogP contribution in [-0.4, -0.2) is 29.9 Å². The summed E-state index contributed by atoms with van der Waals surface area (Å²) in [5.74, 6) is -0.0804. The highest BCUT2D eigenvalue weighted by molar-refractivity contribution is 7.09. The lowest BCUT2D eigenvalue weighted by Crippen LogP contribution is -2.22. The highest BCUT2D eigenvalue weighted by atomic mass is 32.1. The van der Waals surface area contributed by atoms with E-state index in [0.717, 1.165) is 5.01 Å². The van der Waals surface area contributed by atoms with Crippen LogP contribution >= 0.6 is 11.3 Å². The van der Waals surface area contributed by atoms with Crippen molar-refractivity contribution in [3.63, 3.8) is 0 Å². The van der Waals surface area contributed by atoms with E-state index in [9.17, 15) is 4.79 Å². The van der Waals surface area contributed by atoms with Crippen LogP contribution in [0.15, 0.2) is 5.38 Å². The summed E-state index contributed by atoms with van der Waals surface area (Å²) in [6.07, 6.45) is 0. The standard InChI is InChI=1S/C8H13N3OS/c1-5(9)7-10-6(4-13-7)8(12)11(2)3/h4-5H,9H2,1-3H3. The summed E-state index contributed by atoms with van der Waals surface area (Å²) in [7, 11) is 3.40. The van der Waals surface area contributed by atoms with Gasteiger partial charge in [-0.2, -0.15) is 0 Å². The van der Waals surface area contributed by atoms with Crippen LogP contribution < -0.4 is 5.73 Å². The summed E-state index contributed by atoms with van der Waals surface area (Å²) in [4.78, 5) is 17.0. The van der Waals surface area contributed by atoms with Crippen molar-refractivity contribution in [1.82, 2.24) is 9.88 Å². The highest BCUT2D eigenvalue weighted by Crippen LogP contribution is 2.16. The van der Waals surface area contributed by atoms with Crippen molar-refractivity contribution >= 4 is 17.2 Å². The minimum atomic E-state index is -0.103. The van der Waals surface area contributed by atoms with Crippen molar-refractivity contribution in [2.75, 3.05) is 14.1 Å². The normalized spacial score (nSPS) is 12.6. The topological polar surface area (TPSA) is 59.2 Å². The van der Waals surface area contributed by atoms with E-state index in [2.05, 4.69) is 4.98 Å². The van der Waals surface area contributed by atoms with Gasteiger partial charge in [0.05, 0.1) is 6.04 Å². The second-order valence-electron chi connectivity index (χ2n) is 3.06. The first-order valence-electron chi connectivity index (χ1n) is 3.95. The first kappa shape index (κ1) is 10.1. The Labute approximate surface area is 81.4 Å². The number of amides is 1. The lowest BCUT2D eigenvalue weighted by Gasteiger charge is -2.06. The zero-order valence-electron chi connectivity index (χ0n) is 7.94. The van der Waals surface area contributed by atoms with E-state index in [4.69, 9.17) is 5.73 Å². The Hall–Kier alpha value is -0.940. The predicted molar refractivity (Wildman–Crippen MR) is 52.7 cm³/mol. The smallest absolute Gasteiger partial charge is 0.272 e. The lowest BCUT2D eigenvalue weighted by atomic mass is 10.4. The largest absolute Gasteiger partial charge is 0.343 e. The van der Waals surface area contributed by atoms with E-state index in [-0.39, 0.29) is 11.9 Å². The number of hydrogen-bond acceptors (Lipinski definition) is 4. The quantitative estimate of drug-likeness (QED) is 0.768. The summed E-state index contributed by atoms with van der Waals surface area (Å²) < 4.78 is 0. The maximum atomic E-state index is 11.4. The summed E-state index contributed by atoms with van der Waals surface area (Å²) in [6.45, 7) is 1.85. The molecule has 1 amide bonds. The summed E-state index contributed by atoms with van der Waals surface area (Å²) in [5.41, 5.74) is 6.10. The van der Waals surface area contributed by atoms with Gasteiger partial charge in [0, 0.05) is 19.5 Å². The van der Waals surface area contributed by atoms with E-state index < -0.39 is 0 Å². The van der Waals surface area contributed by atoms with Crippen LogP contribution in [0.1, 0.15) is 28.5 Å². The SMILES string of the molecule is CC(N)c1nc(C(=O)N(C)C)cs1. The second kappa shape index (κ2) is 3.85. The van der Waals surface area contributed by atoms with Crippen molar-refractivity contribution < 1.29 is 4.79 Å². The Morgan fingerprint density at radius 3 is 2.69 bits per heavy atom. The fourth-order valence-electron chi connectivity index (χ4n) is 0.824. The minimum Gasteiger partial charge on any atom is -0.343 e. The third-order valence-electron chi connectivity index (χ3n) is 1.54. The average Bonchev–Trinajstić information content (AvgIpc) is 2.50. The molecule has 1 aromatic rings. The molecular weight excluding hydrogens is 186 g/mol. The molecule has 1 aromatic heterocycles. The molecule has 13 heavy (non-hydrogen) atoms. The molecule has 0 saturated carbocycles. The molecule has 0 aliphatic carbocycles. The average molecular weight is 199 g/mol. The monoisotopic (exact) mass is 199 g/mol. The molecule has 1 heterocycles. The van der Waals surface area contributed by atoms with Crippen LogP contribution in [-0.2, 0) is 0 Å². The fraction of sp³-hybridized carbons (Fsp3) is 0.500. The second-order valence-corrected chi connectivity index (χ2v) is 3.95. The van der Waals surface area contributed by atoms with E-state index >= 15 is 0 Å². The highest BCUT2D eigenvalue weighted by Gasteiger charge is 2.13. The number of carbonyl (C=O) groups excluding carboxylic acids is 1. The van der Waals surface area contributed by atoms with Crippen LogP contribution in [0.3, 0.4) is 0 Å². The van der Waals surface area contributed by atoms with Crippen LogP contribution in [0.4, 0.5) is 0 Å². The third kappa shape index (κ3) is 2.26. The molecule has 0 aromatic carbocycles. The molecular formula is C8H13N3OS. The molecule has 0 saturated heterocycles. The molecule has 0 aliphatic rings. The molecule has 0 radical (unpaired) electrons. The van der Waals surface area contributed by atoms with Gasteiger partial charge < -0.3 is 10.6 Å². The molecule has 0 aliphatic heterocycles. The molecule has 1 atom stereocenters. The van der Waals surface area contributed by atoms with Crippen LogP contribution in [0.25, 0.3) is 0 Å². The van der Waals surface area contributed by atoms with Gasteiger partial charge in [-0.1, -0.05) is 0 Å². The maximum absolute atomic E-state index is 11.4. The van der Waals surface area contributed by atoms with Gasteiger partial charge in [-0.05, 0) is 6.92 Å². The summed E-state index contributed by atoms with van der Waals surface area (Å²) in [5, 5.41) is 2.53. The Balaban J connectivity index is 2.86. The predicted octanol–water partition coefficient (Wildman–Crippen LogP) is 0.865. The number of rotatable bonds is 2. The molecule has 0 fully saturated rings. The van der Waals surface area contributed by atoms with Crippen molar-refractivity contribution in [1.29, 1.82) is 0 Å². The Morgan fingerprint density at radius 1 is 1.69 bits per heavy atom. The number of aromatic nitrogens is 1. The summed E-state index contributed by atoms with van der Waals surface area (Å²) in [6, 6.07) is -0.103. The third-order valence-corrected chi connectivity index (χ3v) is 2.58. The molecule has 4 nitrogen and oxygen atoms in total. The zero-order chi connectivity index (χ0) is 10.0. The van der Waals surface area contributed by atoms with Gasteiger partial charge in [-0.25, -0.2) is 4.98 Å². The van der Waals surface area contributed by atoms with Gasteiger partial charge in [0.25, 0.3) is 5.91 Å². The van der Waals surface area contributed by atoms with Gasteiger partial charge in [0.15, 0.2) is 0 Å². The maximum Gasteiger partial charge on any atom is 0.272 e. The van der Waals surface area contributed by atoms with Crippen molar-refractivity contribution in [3.8, 4) is 0 Å². The van der Waals surface area contributed by atoms with Gasteiger partial charge in [0.2, 0.25) is 0 Å². The van der Waals surface area contributed by atoms with Gasteiger partial charge in [-0.15, -0.1) is 11.3 Å². The molecule has 1 unspecified atom stereocenters. The molecule has 5 heteroatoms. The van der Waals surface area contributed by atoms with Crippen molar-refractivity contribution in [3.05, 3.63) is 16.1 Å². The number of hydrogen-bond donors (Lipinski definition) is 1. The first-order valence-corrected chi connectivity index (χ1v) is 4.83. The lowest BCUT2D eigenvalue weighted by molar-refractivity contribution is 0.0822. The molecule has 1 rings (SSSR count). The van der Waals surface area contributed by atoms with E-state index in [1.165, 1.54) is 16.2 Å². The number of nitrogens with two attached hydrogens (primary N) is 1. The first-order chi connectivity index (χ1) is 6.02. The van der Waals surface area contributed by atoms with E-state index in [1.807, 2.05) is 6.92 Å². The Bertz CT molecular complexity index is 306. The van der Waals surface area contributed by atoms with Gasteiger partial charge in [0.1, 0.15) is 10.7 Å². The minimum absolute atomic E-state index is 0.0804. The van der Waals surface area contributed by atoms with E-state index in [1.54, 1.807) is 19.5 Å². The van der Waals surface area contributed by atoms with Gasteiger partial charge in [-0.3, -0.25) is 4.79 Å². The number of nitrogens with zero attached hydrogens (tertiary/aromatic N) is 2. The fourth-order valence-corrected chi connectivity index (χ4v) is 1.58.